The van der Waals surface area contributed by atoms with Crippen LogP contribution >= 0.6 is 0 Å². The van der Waals surface area contributed by atoms with Crippen LogP contribution in [0.1, 0.15) is 39.2 Å². The molecule has 1 unspecified atom stereocenters. The van der Waals surface area contributed by atoms with E-state index in [0.29, 0.717) is 13.2 Å². The van der Waals surface area contributed by atoms with Crippen LogP contribution in [0.3, 0.4) is 0 Å². The number of hydrogen-bond donors (Lipinski definition) is 0. The van der Waals surface area contributed by atoms with Gasteiger partial charge in [0.25, 0.3) is 0 Å². The maximum Gasteiger partial charge on any atom is 0.387 e. The summed E-state index contributed by atoms with van der Waals surface area (Å²) in [6.07, 6.45) is 1.80. The Bertz CT molecular complexity index is 509. The molecule has 0 fully saturated rings. The Balaban J connectivity index is 2.84. The predicted molar refractivity (Wildman–Crippen MR) is 84.8 cm³/mol. The number of rotatable bonds is 9. The van der Waals surface area contributed by atoms with Gasteiger partial charge in [0.15, 0.2) is 11.5 Å². The quantitative estimate of drug-likeness (QED) is 0.685. The highest BCUT2D eigenvalue weighted by atomic mass is 19.3. The first-order chi connectivity index (χ1) is 10.9. The van der Waals surface area contributed by atoms with Crippen molar-refractivity contribution in [1.82, 2.24) is 4.90 Å². The summed E-state index contributed by atoms with van der Waals surface area (Å²) >= 11 is 0. The van der Waals surface area contributed by atoms with Gasteiger partial charge in [-0.25, -0.2) is 0 Å². The van der Waals surface area contributed by atoms with Crippen molar-refractivity contribution in [2.45, 2.75) is 46.8 Å². The highest BCUT2D eigenvalue weighted by Crippen LogP contribution is 2.30. The summed E-state index contributed by atoms with van der Waals surface area (Å²) < 4.78 is 34.6. The zero-order valence-electron chi connectivity index (χ0n) is 14.1. The topological polar surface area (TPSA) is 38.8 Å². The van der Waals surface area contributed by atoms with E-state index in [1.807, 2.05) is 13.8 Å². The highest BCUT2D eigenvalue weighted by Gasteiger charge is 2.18. The Kier molecular flexibility index (Phi) is 7.78. The summed E-state index contributed by atoms with van der Waals surface area (Å²) in [7, 11) is 1.73. The van der Waals surface area contributed by atoms with Crippen molar-refractivity contribution in [1.29, 1.82) is 0 Å². The lowest BCUT2D eigenvalue weighted by Gasteiger charge is -2.22. The molecule has 6 heteroatoms. The Morgan fingerprint density at radius 3 is 2.52 bits per heavy atom. The zero-order chi connectivity index (χ0) is 17.4. The molecule has 0 spiro atoms. The average molecular weight is 329 g/mol. The van der Waals surface area contributed by atoms with Crippen LogP contribution in [0.25, 0.3) is 0 Å². The minimum Gasteiger partial charge on any atom is -0.490 e. The molecule has 0 bridgehead atoms. The van der Waals surface area contributed by atoms with Gasteiger partial charge in [-0.3, -0.25) is 4.79 Å². The van der Waals surface area contributed by atoms with E-state index in [1.165, 1.54) is 6.07 Å². The van der Waals surface area contributed by atoms with Gasteiger partial charge in [0.1, 0.15) is 0 Å². The first-order valence-corrected chi connectivity index (χ1v) is 7.84. The van der Waals surface area contributed by atoms with Gasteiger partial charge in [-0.05, 0) is 31.0 Å². The van der Waals surface area contributed by atoms with Gasteiger partial charge >= 0.3 is 6.61 Å². The minimum atomic E-state index is -2.90. The number of hydrogen-bond acceptors (Lipinski definition) is 3. The number of benzene rings is 1. The van der Waals surface area contributed by atoms with Crippen molar-refractivity contribution >= 4 is 5.91 Å². The average Bonchev–Trinajstić information content (AvgIpc) is 2.49. The molecule has 0 aliphatic carbocycles. The lowest BCUT2D eigenvalue weighted by atomic mass is 10.0. The van der Waals surface area contributed by atoms with E-state index in [1.54, 1.807) is 31.0 Å². The normalized spacial score (nSPS) is 12.1. The predicted octanol–water partition coefficient (Wildman–Crippen LogP) is 4.08. The van der Waals surface area contributed by atoms with Crippen molar-refractivity contribution in [3.05, 3.63) is 23.8 Å². The van der Waals surface area contributed by atoms with E-state index in [4.69, 9.17) is 4.74 Å². The van der Waals surface area contributed by atoms with Crippen LogP contribution in [0.5, 0.6) is 11.5 Å². The van der Waals surface area contributed by atoms with E-state index in [-0.39, 0.29) is 23.3 Å². The number of amides is 1. The molecule has 0 N–H and O–H groups in total. The Labute approximate surface area is 136 Å². The Morgan fingerprint density at radius 1 is 1.26 bits per heavy atom. The van der Waals surface area contributed by atoms with Crippen molar-refractivity contribution in [2.24, 2.45) is 5.92 Å². The maximum atomic E-state index is 12.4. The molecule has 0 radical (unpaired) electrons. The second-order valence-corrected chi connectivity index (χ2v) is 5.48. The molecule has 1 atom stereocenters. The molecule has 1 aromatic rings. The highest BCUT2D eigenvalue weighted by molar-refractivity contribution is 5.78. The number of carbonyl (C=O) groups excluding carboxylic acids is 1. The molecule has 0 aliphatic heterocycles. The third-order valence-corrected chi connectivity index (χ3v) is 3.46. The van der Waals surface area contributed by atoms with Crippen LogP contribution in [0.15, 0.2) is 18.2 Å². The fourth-order valence-corrected chi connectivity index (χ4v) is 2.40. The van der Waals surface area contributed by atoms with E-state index in [9.17, 15) is 13.6 Å². The summed E-state index contributed by atoms with van der Waals surface area (Å²) in [6.45, 7) is 3.54. The number of carbonyl (C=O) groups is 1. The Hall–Kier alpha value is -1.85. The monoisotopic (exact) mass is 329 g/mol. The first kappa shape index (κ1) is 19.2. The van der Waals surface area contributed by atoms with Crippen LogP contribution in [0.2, 0.25) is 0 Å². The van der Waals surface area contributed by atoms with Gasteiger partial charge in [0, 0.05) is 19.5 Å². The molecule has 0 saturated heterocycles. The van der Waals surface area contributed by atoms with Crippen LogP contribution in [-0.2, 0) is 11.3 Å². The standard InChI is InChI=1S/C17H25F2NO3/c1-5-7-12(3)16(21)20(4)11-13-8-9-14(23-17(18)19)15(10-13)22-6-2/h8-10,12,17H,5-7,11H2,1-4H3. The zero-order valence-corrected chi connectivity index (χ0v) is 14.1. The molecular formula is C17H25F2NO3. The molecule has 0 heterocycles. The number of alkyl halides is 2. The first-order valence-electron chi connectivity index (χ1n) is 7.84. The van der Waals surface area contributed by atoms with Crippen LogP contribution < -0.4 is 9.47 Å². The van der Waals surface area contributed by atoms with E-state index in [2.05, 4.69) is 4.74 Å². The van der Waals surface area contributed by atoms with E-state index in [0.717, 1.165) is 18.4 Å². The molecule has 130 valence electrons. The van der Waals surface area contributed by atoms with Crippen molar-refractivity contribution < 1.29 is 23.0 Å². The minimum absolute atomic E-state index is 0.000990. The van der Waals surface area contributed by atoms with Gasteiger partial charge in [0.05, 0.1) is 6.61 Å². The van der Waals surface area contributed by atoms with E-state index >= 15 is 0 Å². The van der Waals surface area contributed by atoms with E-state index < -0.39 is 6.61 Å². The molecular weight excluding hydrogens is 304 g/mol. The third kappa shape index (κ3) is 6.04. The van der Waals surface area contributed by atoms with Gasteiger partial charge < -0.3 is 14.4 Å². The van der Waals surface area contributed by atoms with Crippen LogP contribution in [0.4, 0.5) is 8.78 Å². The van der Waals surface area contributed by atoms with Crippen LogP contribution in [-0.4, -0.2) is 31.1 Å². The SMILES string of the molecule is CCCC(C)C(=O)N(C)Cc1ccc(OC(F)F)c(OCC)c1. The molecule has 23 heavy (non-hydrogen) atoms. The maximum absolute atomic E-state index is 12.4. The second kappa shape index (κ2) is 9.33. The van der Waals surface area contributed by atoms with Gasteiger partial charge in [0.2, 0.25) is 5.91 Å². The fourth-order valence-electron chi connectivity index (χ4n) is 2.40. The van der Waals surface area contributed by atoms with Gasteiger partial charge in [-0.15, -0.1) is 0 Å². The lowest BCUT2D eigenvalue weighted by Crippen LogP contribution is -2.31. The molecule has 1 rings (SSSR count). The fraction of sp³-hybridized carbons (Fsp3) is 0.588. The third-order valence-electron chi connectivity index (χ3n) is 3.46. The molecule has 0 saturated carbocycles. The summed E-state index contributed by atoms with van der Waals surface area (Å²) in [5, 5.41) is 0. The van der Waals surface area contributed by atoms with Crippen molar-refractivity contribution in [3.63, 3.8) is 0 Å². The molecule has 0 aliphatic rings. The molecule has 1 aromatic carbocycles. The second-order valence-electron chi connectivity index (χ2n) is 5.48. The number of halogens is 2. The number of ether oxygens (including phenoxy) is 2. The smallest absolute Gasteiger partial charge is 0.387 e. The van der Waals surface area contributed by atoms with Crippen molar-refractivity contribution in [3.8, 4) is 11.5 Å². The molecule has 4 nitrogen and oxygen atoms in total. The summed E-state index contributed by atoms with van der Waals surface area (Å²) in [5.74, 6) is 0.294. The van der Waals surface area contributed by atoms with Gasteiger partial charge in [-0.1, -0.05) is 26.3 Å². The van der Waals surface area contributed by atoms with Crippen LogP contribution in [0, 0.1) is 5.92 Å². The largest absolute Gasteiger partial charge is 0.490 e. The lowest BCUT2D eigenvalue weighted by molar-refractivity contribution is -0.134. The Morgan fingerprint density at radius 2 is 1.96 bits per heavy atom. The number of nitrogens with zero attached hydrogens (tertiary/aromatic N) is 1. The summed E-state index contributed by atoms with van der Waals surface area (Å²) in [5.41, 5.74) is 0.801. The van der Waals surface area contributed by atoms with Gasteiger partial charge in [-0.2, -0.15) is 8.78 Å². The summed E-state index contributed by atoms with van der Waals surface area (Å²) in [4.78, 5) is 13.9. The molecule has 0 aromatic heterocycles. The summed E-state index contributed by atoms with van der Waals surface area (Å²) in [6, 6.07) is 4.74. The molecule has 1 amide bonds. The van der Waals surface area contributed by atoms with Crippen molar-refractivity contribution in [2.75, 3.05) is 13.7 Å².